The van der Waals surface area contributed by atoms with E-state index in [1.807, 2.05) is 12.3 Å². The number of likely N-dealkylation sites (N-methyl/N-ethyl adjacent to an activating group) is 1. The van der Waals surface area contributed by atoms with E-state index in [-0.39, 0.29) is 6.54 Å². The van der Waals surface area contributed by atoms with Crippen LogP contribution in [0.2, 0.25) is 0 Å². The van der Waals surface area contributed by atoms with Crippen LogP contribution < -0.4 is 4.90 Å². The van der Waals surface area contributed by atoms with Crippen LogP contribution in [0, 0.1) is 0 Å². The van der Waals surface area contributed by atoms with E-state index in [2.05, 4.69) is 4.98 Å². The van der Waals surface area contributed by atoms with Crippen LogP contribution in [0.25, 0.3) is 0 Å². The number of thiazole rings is 1. The zero-order valence-corrected chi connectivity index (χ0v) is 7.54. The number of nitrogens with zero attached hydrogens (tertiary/aromatic N) is 2. The van der Waals surface area contributed by atoms with Gasteiger partial charge in [0.2, 0.25) is 0 Å². The Morgan fingerprint density at radius 2 is 2.58 bits per heavy atom. The Bertz CT molecular complexity index is 248. The molecule has 1 aromatic heterocycles. The average molecular weight is 186 g/mol. The van der Waals surface area contributed by atoms with Crippen molar-refractivity contribution in [1.82, 2.24) is 4.98 Å². The van der Waals surface area contributed by atoms with E-state index >= 15 is 0 Å². The summed E-state index contributed by atoms with van der Waals surface area (Å²) in [4.78, 5) is 16.1. The quantitative estimate of drug-likeness (QED) is 0.763. The minimum Gasteiger partial charge on any atom is -0.480 e. The van der Waals surface area contributed by atoms with E-state index < -0.39 is 5.97 Å². The van der Waals surface area contributed by atoms with E-state index in [0.29, 0.717) is 6.54 Å². The van der Waals surface area contributed by atoms with Crippen LogP contribution in [-0.2, 0) is 4.79 Å². The number of aromatic nitrogens is 1. The third kappa shape index (κ3) is 2.20. The normalized spacial score (nSPS) is 9.75. The molecule has 0 aliphatic rings. The van der Waals surface area contributed by atoms with Crippen molar-refractivity contribution in [3.8, 4) is 0 Å². The number of anilines is 1. The summed E-state index contributed by atoms with van der Waals surface area (Å²) in [6.45, 7) is 2.59. The number of carboxylic acid groups (broad SMARTS) is 1. The molecule has 5 heteroatoms. The molecule has 66 valence electrons. The average Bonchev–Trinajstić information content (AvgIpc) is 2.51. The number of carboxylic acids is 1. The first-order valence-corrected chi connectivity index (χ1v) is 4.48. The van der Waals surface area contributed by atoms with Gasteiger partial charge in [-0.3, -0.25) is 4.79 Å². The molecule has 0 aliphatic heterocycles. The molecule has 0 aromatic carbocycles. The van der Waals surface area contributed by atoms with Crippen LogP contribution in [0.15, 0.2) is 11.6 Å². The summed E-state index contributed by atoms with van der Waals surface area (Å²) < 4.78 is 0. The van der Waals surface area contributed by atoms with Crippen LogP contribution >= 0.6 is 11.3 Å². The van der Waals surface area contributed by atoms with Gasteiger partial charge in [-0.25, -0.2) is 4.98 Å². The van der Waals surface area contributed by atoms with Crippen LogP contribution in [0.4, 0.5) is 5.13 Å². The van der Waals surface area contributed by atoms with Gasteiger partial charge in [-0.15, -0.1) is 11.3 Å². The summed E-state index contributed by atoms with van der Waals surface area (Å²) in [6, 6.07) is 0. The molecule has 0 unspecified atom stereocenters. The van der Waals surface area contributed by atoms with Gasteiger partial charge < -0.3 is 10.0 Å². The molecule has 0 atom stereocenters. The molecule has 1 rings (SSSR count). The molecule has 4 nitrogen and oxygen atoms in total. The van der Waals surface area contributed by atoms with E-state index in [1.54, 1.807) is 11.1 Å². The molecule has 0 aliphatic carbocycles. The Balaban J connectivity index is 2.63. The Kier molecular flexibility index (Phi) is 3.04. The molecule has 1 aromatic rings. The standard InChI is InChI=1S/C7H10N2O2S/c1-2-9(5-6(10)11)7-8-3-4-12-7/h3-4H,2,5H2,1H3,(H,10,11). The summed E-state index contributed by atoms with van der Waals surface area (Å²) in [5.41, 5.74) is 0. The Morgan fingerprint density at radius 3 is 3.00 bits per heavy atom. The SMILES string of the molecule is CCN(CC(=O)O)c1nccs1. The van der Waals surface area contributed by atoms with Gasteiger partial charge >= 0.3 is 5.97 Å². The first kappa shape index (κ1) is 8.99. The summed E-state index contributed by atoms with van der Waals surface area (Å²) in [5.74, 6) is -0.827. The highest BCUT2D eigenvalue weighted by molar-refractivity contribution is 7.13. The van der Waals surface area contributed by atoms with Gasteiger partial charge in [-0.1, -0.05) is 0 Å². The van der Waals surface area contributed by atoms with Gasteiger partial charge in [0.15, 0.2) is 5.13 Å². The molecule has 12 heavy (non-hydrogen) atoms. The second kappa shape index (κ2) is 4.06. The number of hydrogen-bond donors (Lipinski definition) is 1. The first-order chi connectivity index (χ1) is 5.74. The maximum Gasteiger partial charge on any atom is 0.323 e. The Labute approximate surface area is 74.5 Å². The number of carbonyl (C=O) groups is 1. The fraction of sp³-hybridized carbons (Fsp3) is 0.429. The van der Waals surface area contributed by atoms with Gasteiger partial charge in [0.25, 0.3) is 0 Å². The van der Waals surface area contributed by atoms with Gasteiger partial charge in [-0.05, 0) is 6.92 Å². The van der Waals surface area contributed by atoms with Crippen molar-refractivity contribution in [3.05, 3.63) is 11.6 Å². The lowest BCUT2D eigenvalue weighted by atomic mass is 10.5. The largest absolute Gasteiger partial charge is 0.480 e. The van der Waals surface area contributed by atoms with E-state index in [0.717, 1.165) is 5.13 Å². The third-order valence-corrected chi connectivity index (χ3v) is 2.23. The molecule has 0 saturated carbocycles. The molecule has 0 spiro atoms. The highest BCUT2D eigenvalue weighted by Gasteiger charge is 2.09. The minimum atomic E-state index is -0.827. The third-order valence-electron chi connectivity index (χ3n) is 1.40. The molecule has 1 heterocycles. The number of rotatable bonds is 4. The highest BCUT2D eigenvalue weighted by atomic mass is 32.1. The van der Waals surface area contributed by atoms with Crippen molar-refractivity contribution in [2.75, 3.05) is 18.0 Å². The second-order valence-electron chi connectivity index (χ2n) is 2.22. The zero-order chi connectivity index (χ0) is 8.97. The predicted octanol–water partition coefficient (Wildman–Crippen LogP) is 1.05. The minimum absolute atomic E-state index is 0.0179. The maximum absolute atomic E-state index is 10.4. The van der Waals surface area contributed by atoms with Crippen LogP contribution in [0.1, 0.15) is 6.92 Å². The Hall–Kier alpha value is -1.10. The summed E-state index contributed by atoms with van der Waals surface area (Å²) in [7, 11) is 0. The van der Waals surface area contributed by atoms with Crippen molar-refractivity contribution < 1.29 is 9.90 Å². The highest BCUT2D eigenvalue weighted by Crippen LogP contribution is 2.16. The van der Waals surface area contributed by atoms with Crippen molar-refractivity contribution in [2.45, 2.75) is 6.92 Å². The van der Waals surface area contributed by atoms with Gasteiger partial charge in [-0.2, -0.15) is 0 Å². The molecule has 0 saturated heterocycles. The van der Waals surface area contributed by atoms with E-state index in [1.165, 1.54) is 11.3 Å². The molecule has 0 bridgehead atoms. The lowest BCUT2D eigenvalue weighted by molar-refractivity contribution is -0.135. The van der Waals surface area contributed by atoms with Crippen LogP contribution in [-0.4, -0.2) is 29.1 Å². The van der Waals surface area contributed by atoms with Crippen LogP contribution in [0.5, 0.6) is 0 Å². The van der Waals surface area contributed by atoms with Crippen molar-refractivity contribution in [1.29, 1.82) is 0 Å². The van der Waals surface area contributed by atoms with E-state index in [9.17, 15) is 4.79 Å². The Morgan fingerprint density at radius 1 is 1.83 bits per heavy atom. The van der Waals surface area contributed by atoms with Gasteiger partial charge in [0.05, 0.1) is 0 Å². The molecule has 1 N–H and O–H groups in total. The van der Waals surface area contributed by atoms with Crippen LogP contribution in [0.3, 0.4) is 0 Å². The summed E-state index contributed by atoms with van der Waals surface area (Å²) in [6.07, 6.45) is 1.67. The van der Waals surface area contributed by atoms with Crippen molar-refractivity contribution >= 4 is 22.4 Å². The summed E-state index contributed by atoms with van der Waals surface area (Å²) in [5, 5.41) is 11.1. The fourth-order valence-corrected chi connectivity index (χ4v) is 1.56. The van der Waals surface area contributed by atoms with Crippen molar-refractivity contribution in [2.24, 2.45) is 0 Å². The maximum atomic E-state index is 10.4. The zero-order valence-electron chi connectivity index (χ0n) is 6.73. The summed E-state index contributed by atoms with van der Waals surface area (Å²) >= 11 is 1.45. The molecule has 0 fully saturated rings. The first-order valence-electron chi connectivity index (χ1n) is 3.60. The van der Waals surface area contributed by atoms with Gasteiger partial charge in [0.1, 0.15) is 6.54 Å². The monoisotopic (exact) mass is 186 g/mol. The fourth-order valence-electron chi connectivity index (χ4n) is 0.850. The van der Waals surface area contributed by atoms with E-state index in [4.69, 9.17) is 5.11 Å². The lowest BCUT2D eigenvalue weighted by Crippen LogP contribution is -2.29. The smallest absolute Gasteiger partial charge is 0.323 e. The number of aliphatic carboxylic acids is 1. The number of hydrogen-bond acceptors (Lipinski definition) is 4. The molecule has 0 radical (unpaired) electrons. The lowest BCUT2D eigenvalue weighted by Gasteiger charge is -2.16. The topological polar surface area (TPSA) is 53.4 Å². The van der Waals surface area contributed by atoms with Crippen molar-refractivity contribution in [3.63, 3.8) is 0 Å². The predicted molar refractivity (Wildman–Crippen MR) is 47.6 cm³/mol. The molecule has 0 amide bonds. The van der Waals surface area contributed by atoms with Gasteiger partial charge in [0, 0.05) is 18.1 Å². The molecular weight excluding hydrogens is 176 g/mol. The second-order valence-corrected chi connectivity index (χ2v) is 3.10. The molecular formula is C7H10N2O2S.